The summed E-state index contributed by atoms with van der Waals surface area (Å²) in [5.74, 6) is 1.65. The zero-order valence-corrected chi connectivity index (χ0v) is 22.5. The molecule has 4 heterocycles. The number of aromatic nitrogens is 1. The number of carbonyl (C=O) groups is 1. The highest BCUT2D eigenvalue weighted by Gasteiger charge is 2.64. The fourth-order valence-electron chi connectivity index (χ4n) is 7.78. The number of H-pyrrole nitrogens is 1. The van der Waals surface area contributed by atoms with Crippen LogP contribution in [-0.4, -0.2) is 42.2 Å². The van der Waals surface area contributed by atoms with E-state index in [1.807, 2.05) is 12.1 Å². The third kappa shape index (κ3) is 3.11. The van der Waals surface area contributed by atoms with Crippen molar-refractivity contribution in [1.82, 2.24) is 9.88 Å². The van der Waals surface area contributed by atoms with Crippen molar-refractivity contribution in [3.63, 3.8) is 0 Å². The van der Waals surface area contributed by atoms with E-state index in [2.05, 4.69) is 82.7 Å². The quantitative estimate of drug-likeness (QED) is 0.276. The maximum Gasteiger partial charge on any atom is 0.326 e. The van der Waals surface area contributed by atoms with Gasteiger partial charge in [-0.25, -0.2) is 0 Å². The lowest BCUT2D eigenvalue weighted by Gasteiger charge is -2.48. The molecule has 0 amide bonds. The van der Waals surface area contributed by atoms with Gasteiger partial charge in [0.05, 0.1) is 26.9 Å². The lowest BCUT2D eigenvalue weighted by atomic mass is 9.79. The first-order valence-electron chi connectivity index (χ1n) is 13.9. The zero-order chi connectivity index (χ0) is 27.0. The first-order chi connectivity index (χ1) is 19.6. The van der Waals surface area contributed by atoms with Gasteiger partial charge in [0.15, 0.2) is 0 Å². The molecule has 0 radical (unpaired) electrons. The Kier molecular flexibility index (Phi) is 5.07. The smallest absolute Gasteiger partial charge is 0.326 e. The molecule has 1 saturated heterocycles. The highest BCUT2D eigenvalue weighted by Crippen LogP contribution is 2.61. The number of hydrogen-bond donors (Lipinski definition) is 1. The summed E-state index contributed by atoms with van der Waals surface area (Å²) in [6.45, 7) is 0.565. The second-order valence-electron chi connectivity index (χ2n) is 11.3. The van der Waals surface area contributed by atoms with E-state index in [4.69, 9.17) is 14.2 Å². The van der Waals surface area contributed by atoms with Crippen LogP contribution in [0.4, 0.5) is 0 Å². The van der Waals surface area contributed by atoms with Gasteiger partial charge in [-0.1, -0.05) is 60.7 Å². The number of fused-ring (bicyclic) bond motifs is 10. The van der Waals surface area contributed by atoms with E-state index in [0.717, 1.165) is 33.7 Å². The summed E-state index contributed by atoms with van der Waals surface area (Å²) in [6.07, 6.45) is 1.25. The van der Waals surface area contributed by atoms with Gasteiger partial charge in [0.1, 0.15) is 17.0 Å². The fourth-order valence-corrected chi connectivity index (χ4v) is 7.78. The number of nitrogens with one attached hydrogen (secondary N) is 1. The van der Waals surface area contributed by atoms with Crippen molar-refractivity contribution in [2.45, 2.75) is 30.5 Å². The standard InChI is InChI=1S/C34H30N2O4/c1-38-23-14-11-21(12-15-23)32-30-26(25-9-5-6-10-27(25)35-30)18-34(33(37)39-2)17-22-19-40-28-16-13-20-7-3-4-8-24(20)29(28)31(22)36(32)34/h3-16,22,31-32,35H,17-19H2,1-2H3/t22-,31-,32+,34-/m0/s1. The van der Waals surface area contributed by atoms with E-state index in [1.165, 1.54) is 29.0 Å². The molecule has 1 fully saturated rings. The van der Waals surface area contributed by atoms with Crippen LogP contribution in [0.1, 0.15) is 40.9 Å². The first kappa shape index (κ1) is 23.6. The van der Waals surface area contributed by atoms with Crippen molar-refractivity contribution in [2.24, 2.45) is 5.92 Å². The van der Waals surface area contributed by atoms with Gasteiger partial charge in [-0.15, -0.1) is 0 Å². The highest BCUT2D eigenvalue weighted by atomic mass is 16.5. The van der Waals surface area contributed by atoms with Gasteiger partial charge < -0.3 is 19.2 Å². The number of methoxy groups -OCH3 is 2. The Labute approximate surface area is 232 Å². The normalized spacial score (nSPS) is 25.0. The van der Waals surface area contributed by atoms with Crippen LogP contribution in [-0.2, 0) is 16.0 Å². The SMILES string of the molecule is COC(=O)[C@]12Cc3c([nH]c4ccccc34)[C@@H](c3ccc(OC)cc3)N1[C@@H]1c3c(ccc4ccccc34)OC[C@@H]1C2. The second-order valence-corrected chi connectivity index (χ2v) is 11.3. The number of esters is 1. The van der Waals surface area contributed by atoms with E-state index < -0.39 is 5.54 Å². The summed E-state index contributed by atoms with van der Waals surface area (Å²) in [7, 11) is 3.20. The van der Waals surface area contributed by atoms with E-state index >= 15 is 0 Å². The Morgan fingerprint density at radius 2 is 1.73 bits per heavy atom. The Balaban J connectivity index is 1.44. The van der Waals surface area contributed by atoms with Crippen LogP contribution in [0.2, 0.25) is 0 Å². The van der Waals surface area contributed by atoms with Crippen LogP contribution >= 0.6 is 0 Å². The molecule has 4 atom stereocenters. The number of benzene rings is 4. The van der Waals surface area contributed by atoms with Crippen LogP contribution in [0.15, 0.2) is 84.9 Å². The van der Waals surface area contributed by atoms with Crippen LogP contribution < -0.4 is 9.47 Å². The largest absolute Gasteiger partial charge is 0.497 e. The predicted octanol–water partition coefficient (Wildman–Crippen LogP) is 6.34. The number of para-hydroxylation sites is 1. The Hall–Kier alpha value is -4.29. The van der Waals surface area contributed by atoms with Crippen LogP contribution in [0.25, 0.3) is 21.7 Å². The maximum absolute atomic E-state index is 14.1. The van der Waals surface area contributed by atoms with Crippen molar-refractivity contribution >= 4 is 27.6 Å². The third-order valence-electron chi connectivity index (χ3n) is 9.38. The average Bonchev–Trinajstić information content (AvgIpc) is 3.55. The van der Waals surface area contributed by atoms with E-state index in [9.17, 15) is 4.79 Å². The summed E-state index contributed by atoms with van der Waals surface area (Å²) in [4.78, 5) is 20.3. The molecular weight excluding hydrogens is 500 g/mol. The first-order valence-corrected chi connectivity index (χ1v) is 13.9. The lowest BCUT2D eigenvalue weighted by molar-refractivity contribution is -0.156. The third-order valence-corrected chi connectivity index (χ3v) is 9.38. The average molecular weight is 531 g/mol. The molecule has 6 heteroatoms. The van der Waals surface area contributed by atoms with Crippen molar-refractivity contribution in [2.75, 3.05) is 20.8 Å². The molecule has 3 aliphatic rings. The van der Waals surface area contributed by atoms with Gasteiger partial charge in [-0.3, -0.25) is 9.69 Å². The molecule has 1 aromatic heterocycles. The molecule has 1 N–H and O–H groups in total. The number of nitrogens with zero attached hydrogens (tertiary/aromatic N) is 1. The van der Waals surface area contributed by atoms with E-state index in [1.54, 1.807) is 7.11 Å². The Morgan fingerprint density at radius 3 is 2.52 bits per heavy atom. The lowest BCUT2D eigenvalue weighted by Crippen LogP contribution is -2.57. The van der Waals surface area contributed by atoms with Crippen LogP contribution in [0.3, 0.4) is 0 Å². The molecule has 40 heavy (non-hydrogen) atoms. The van der Waals surface area contributed by atoms with Gasteiger partial charge in [0.2, 0.25) is 0 Å². The molecule has 0 bridgehead atoms. The Bertz CT molecular complexity index is 1790. The molecule has 6 nitrogen and oxygen atoms in total. The minimum absolute atomic E-state index is 0.0272. The van der Waals surface area contributed by atoms with Crippen molar-refractivity contribution in [1.29, 1.82) is 0 Å². The van der Waals surface area contributed by atoms with Crippen molar-refractivity contribution in [3.8, 4) is 11.5 Å². The number of carbonyl (C=O) groups excluding carboxylic acids is 1. The Morgan fingerprint density at radius 1 is 0.950 bits per heavy atom. The van der Waals surface area contributed by atoms with Gasteiger partial charge >= 0.3 is 5.97 Å². The predicted molar refractivity (Wildman–Crippen MR) is 154 cm³/mol. The molecule has 4 aromatic carbocycles. The van der Waals surface area contributed by atoms with E-state index in [-0.39, 0.29) is 24.0 Å². The topological polar surface area (TPSA) is 63.8 Å². The highest BCUT2D eigenvalue weighted by molar-refractivity contribution is 5.91. The summed E-state index contributed by atoms with van der Waals surface area (Å²) in [5, 5.41) is 3.51. The number of hydrogen-bond acceptors (Lipinski definition) is 5. The summed E-state index contributed by atoms with van der Waals surface area (Å²) >= 11 is 0. The monoisotopic (exact) mass is 530 g/mol. The second kappa shape index (κ2) is 8.60. The van der Waals surface area contributed by atoms with Gasteiger partial charge in [-0.2, -0.15) is 0 Å². The van der Waals surface area contributed by atoms with Crippen LogP contribution in [0.5, 0.6) is 11.5 Å². The summed E-state index contributed by atoms with van der Waals surface area (Å²) < 4.78 is 17.6. The summed E-state index contributed by atoms with van der Waals surface area (Å²) in [6, 6.07) is 29.2. The molecular formula is C34H30N2O4. The minimum atomic E-state index is -0.839. The molecule has 0 spiro atoms. The minimum Gasteiger partial charge on any atom is -0.497 e. The van der Waals surface area contributed by atoms with Gasteiger partial charge in [0, 0.05) is 40.5 Å². The van der Waals surface area contributed by atoms with Gasteiger partial charge in [0.25, 0.3) is 0 Å². The molecule has 8 rings (SSSR count). The molecule has 0 aliphatic carbocycles. The van der Waals surface area contributed by atoms with Crippen LogP contribution in [0, 0.1) is 5.92 Å². The van der Waals surface area contributed by atoms with Crippen molar-refractivity contribution in [3.05, 3.63) is 107 Å². The number of ether oxygens (including phenoxy) is 3. The fraction of sp³-hybridized carbons (Fsp3) is 0.265. The molecule has 3 aliphatic heterocycles. The molecule has 0 unspecified atom stereocenters. The number of aromatic amines is 1. The molecule has 5 aromatic rings. The number of rotatable bonds is 3. The van der Waals surface area contributed by atoms with Gasteiger partial charge in [-0.05, 0) is 52.6 Å². The molecule has 0 saturated carbocycles. The van der Waals surface area contributed by atoms with E-state index in [0.29, 0.717) is 19.4 Å². The molecule has 200 valence electrons. The van der Waals surface area contributed by atoms with Crippen molar-refractivity contribution < 1.29 is 19.0 Å². The zero-order valence-electron chi connectivity index (χ0n) is 22.5. The maximum atomic E-state index is 14.1. The summed E-state index contributed by atoms with van der Waals surface area (Å²) in [5.41, 5.74) is 4.85.